The molecular weight excluding hydrogens is 514 g/mol. The molecule has 0 saturated heterocycles. The van der Waals surface area contributed by atoms with E-state index in [1.165, 1.54) is 24.3 Å². The minimum atomic E-state index is -4.02. The molecule has 8 nitrogen and oxygen atoms in total. The number of benzene rings is 3. The summed E-state index contributed by atoms with van der Waals surface area (Å²) in [5.41, 5.74) is 1.86. The summed E-state index contributed by atoms with van der Waals surface area (Å²) in [6.45, 7) is 6.64. The fourth-order valence-corrected chi connectivity index (χ4v) is 5.03. The first-order chi connectivity index (χ1) is 18.5. The van der Waals surface area contributed by atoms with Crippen molar-refractivity contribution in [2.45, 2.75) is 56.7 Å². The molecule has 208 valence electrons. The molecule has 0 spiro atoms. The third kappa shape index (κ3) is 10.3. The summed E-state index contributed by atoms with van der Waals surface area (Å²) in [4.78, 5) is 25.4. The SMILES string of the molecule is CC(C)(C)NC(=O)C(CCc1ccccc1)NS(=O)(=O)c1ccc(C(=O)NCCOCc2ccccc2)cc1. The standard InChI is InChI=1S/C30H37N3O5S/c1-30(2,3)32-29(35)27(19-14-23-10-6-4-7-11-23)33-39(36,37)26-17-15-25(16-18-26)28(34)31-20-21-38-22-24-12-8-5-9-13-24/h4-13,15-18,27,33H,14,19-22H2,1-3H3,(H,31,34)(H,32,35). The second kappa shape index (κ2) is 14.0. The number of sulfonamides is 1. The molecule has 39 heavy (non-hydrogen) atoms. The number of nitrogens with one attached hydrogen (secondary N) is 3. The van der Waals surface area contributed by atoms with Gasteiger partial charge in [-0.2, -0.15) is 4.72 Å². The number of rotatable bonds is 13. The Kier molecular flexibility index (Phi) is 10.8. The van der Waals surface area contributed by atoms with Gasteiger partial charge < -0.3 is 15.4 Å². The number of amides is 2. The maximum absolute atomic E-state index is 13.2. The average molecular weight is 552 g/mol. The second-order valence-electron chi connectivity index (χ2n) is 10.3. The summed E-state index contributed by atoms with van der Waals surface area (Å²) in [5, 5.41) is 5.62. The minimum Gasteiger partial charge on any atom is -0.375 e. The maximum atomic E-state index is 13.2. The Morgan fingerprint density at radius 1 is 0.846 bits per heavy atom. The fraction of sp³-hybridized carbons (Fsp3) is 0.333. The van der Waals surface area contributed by atoms with Crippen LogP contribution in [-0.2, 0) is 32.6 Å². The summed E-state index contributed by atoms with van der Waals surface area (Å²) < 4.78 is 34.4. The molecule has 3 rings (SSSR count). The van der Waals surface area contributed by atoms with Gasteiger partial charge in [-0.3, -0.25) is 9.59 Å². The first kappa shape index (κ1) is 30.0. The van der Waals surface area contributed by atoms with Crippen LogP contribution in [0.3, 0.4) is 0 Å². The van der Waals surface area contributed by atoms with Gasteiger partial charge in [0.1, 0.15) is 6.04 Å². The summed E-state index contributed by atoms with van der Waals surface area (Å²) in [5.74, 6) is -0.729. The van der Waals surface area contributed by atoms with Crippen LogP contribution in [0.2, 0.25) is 0 Å². The summed E-state index contributed by atoms with van der Waals surface area (Å²) in [7, 11) is -4.02. The molecule has 0 aliphatic rings. The predicted octanol–water partition coefficient (Wildman–Crippen LogP) is 3.83. The van der Waals surface area contributed by atoms with E-state index in [0.717, 1.165) is 11.1 Å². The van der Waals surface area contributed by atoms with E-state index >= 15 is 0 Å². The summed E-state index contributed by atoms with van der Waals surface area (Å²) in [6.07, 6.45) is 0.817. The van der Waals surface area contributed by atoms with Gasteiger partial charge in [-0.25, -0.2) is 8.42 Å². The Bertz CT molecular complexity index is 1310. The molecule has 1 unspecified atom stereocenters. The van der Waals surface area contributed by atoms with E-state index in [2.05, 4.69) is 15.4 Å². The fourth-order valence-electron chi connectivity index (χ4n) is 3.80. The van der Waals surface area contributed by atoms with Crippen molar-refractivity contribution in [3.05, 3.63) is 102 Å². The van der Waals surface area contributed by atoms with E-state index in [0.29, 0.717) is 31.7 Å². The van der Waals surface area contributed by atoms with E-state index < -0.39 is 27.5 Å². The molecule has 3 aromatic rings. The van der Waals surface area contributed by atoms with E-state index in [4.69, 9.17) is 4.74 Å². The monoisotopic (exact) mass is 551 g/mol. The quantitative estimate of drug-likeness (QED) is 0.280. The van der Waals surface area contributed by atoms with E-state index in [1.807, 2.05) is 81.4 Å². The van der Waals surface area contributed by atoms with E-state index in [9.17, 15) is 18.0 Å². The number of aryl methyl sites for hydroxylation is 1. The maximum Gasteiger partial charge on any atom is 0.251 e. The van der Waals surface area contributed by atoms with Gasteiger partial charge in [-0.15, -0.1) is 0 Å². The van der Waals surface area contributed by atoms with Crippen LogP contribution in [0.1, 0.15) is 48.7 Å². The second-order valence-corrected chi connectivity index (χ2v) is 12.0. The normalized spacial score (nSPS) is 12.5. The molecule has 0 aromatic heterocycles. The molecule has 1 atom stereocenters. The number of carbonyl (C=O) groups is 2. The van der Waals surface area contributed by atoms with Crippen molar-refractivity contribution in [3.63, 3.8) is 0 Å². The molecule has 9 heteroatoms. The molecule has 3 N–H and O–H groups in total. The molecule has 0 saturated carbocycles. The highest BCUT2D eigenvalue weighted by atomic mass is 32.2. The van der Waals surface area contributed by atoms with Crippen molar-refractivity contribution in [1.29, 1.82) is 0 Å². The van der Waals surface area contributed by atoms with Crippen molar-refractivity contribution in [2.24, 2.45) is 0 Å². The lowest BCUT2D eigenvalue weighted by molar-refractivity contribution is -0.124. The summed E-state index contributed by atoms with van der Waals surface area (Å²) in [6, 6.07) is 24.0. The highest BCUT2D eigenvalue weighted by molar-refractivity contribution is 7.89. The third-order valence-electron chi connectivity index (χ3n) is 5.75. The lowest BCUT2D eigenvalue weighted by Gasteiger charge is -2.25. The van der Waals surface area contributed by atoms with Crippen LogP contribution in [0.5, 0.6) is 0 Å². The van der Waals surface area contributed by atoms with Gasteiger partial charge in [-0.1, -0.05) is 60.7 Å². The van der Waals surface area contributed by atoms with Gasteiger partial charge in [-0.05, 0) is 69.0 Å². The van der Waals surface area contributed by atoms with Gasteiger partial charge in [0.2, 0.25) is 15.9 Å². The smallest absolute Gasteiger partial charge is 0.251 e. The molecule has 0 fully saturated rings. The summed E-state index contributed by atoms with van der Waals surface area (Å²) >= 11 is 0. The highest BCUT2D eigenvalue weighted by Crippen LogP contribution is 2.14. The van der Waals surface area contributed by atoms with Crippen LogP contribution in [0, 0.1) is 0 Å². The largest absolute Gasteiger partial charge is 0.375 e. The molecule has 0 aliphatic heterocycles. The number of carbonyl (C=O) groups excluding carboxylic acids is 2. The zero-order chi connectivity index (χ0) is 28.3. The Hall–Kier alpha value is -3.53. The van der Waals surface area contributed by atoms with Crippen molar-refractivity contribution < 1.29 is 22.7 Å². The molecule has 3 aromatic carbocycles. The van der Waals surface area contributed by atoms with Crippen molar-refractivity contribution in [3.8, 4) is 0 Å². The predicted molar refractivity (Wildman–Crippen MR) is 152 cm³/mol. The van der Waals surface area contributed by atoms with Gasteiger partial charge in [0.15, 0.2) is 0 Å². The zero-order valence-electron chi connectivity index (χ0n) is 22.6. The molecule has 0 aliphatic carbocycles. The first-order valence-corrected chi connectivity index (χ1v) is 14.4. The number of hydrogen-bond acceptors (Lipinski definition) is 5. The lowest BCUT2D eigenvalue weighted by atomic mass is 10.0. The van der Waals surface area contributed by atoms with Crippen LogP contribution in [0.4, 0.5) is 0 Å². The Morgan fingerprint density at radius 3 is 2.03 bits per heavy atom. The highest BCUT2D eigenvalue weighted by Gasteiger charge is 2.28. The average Bonchev–Trinajstić information content (AvgIpc) is 2.91. The molecule has 2 amide bonds. The van der Waals surface area contributed by atoms with E-state index in [1.54, 1.807) is 0 Å². The Balaban J connectivity index is 1.58. The van der Waals surface area contributed by atoms with Gasteiger partial charge in [0, 0.05) is 17.6 Å². The van der Waals surface area contributed by atoms with E-state index in [-0.39, 0.29) is 17.2 Å². The lowest BCUT2D eigenvalue weighted by Crippen LogP contribution is -2.52. The molecule has 0 radical (unpaired) electrons. The number of ether oxygens (including phenoxy) is 1. The van der Waals surface area contributed by atoms with Crippen LogP contribution in [0.25, 0.3) is 0 Å². The Morgan fingerprint density at radius 2 is 1.44 bits per heavy atom. The van der Waals surface area contributed by atoms with Crippen molar-refractivity contribution in [2.75, 3.05) is 13.2 Å². The Labute approximate surface area is 231 Å². The zero-order valence-corrected chi connectivity index (χ0v) is 23.5. The number of hydrogen-bond donors (Lipinski definition) is 3. The molecule has 0 bridgehead atoms. The van der Waals surface area contributed by atoms with Crippen molar-refractivity contribution in [1.82, 2.24) is 15.4 Å². The van der Waals surface area contributed by atoms with Gasteiger partial charge in [0.05, 0.1) is 18.1 Å². The van der Waals surface area contributed by atoms with Crippen LogP contribution < -0.4 is 15.4 Å². The molecular formula is C30H37N3O5S. The van der Waals surface area contributed by atoms with Crippen LogP contribution in [-0.4, -0.2) is 45.0 Å². The van der Waals surface area contributed by atoms with Crippen LogP contribution in [0.15, 0.2) is 89.8 Å². The van der Waals surface area contributed by atoms with Crippen molar-refractivity contribution >= 4 is 21.8 Å². The first-order valence-electron chi connectivity index (χ1n) is 12.9. The van der Waals surface area contributed by atoms with Gasteiger partial charge >= 0.3 is 0 Å². The van der Waals surface area contributed by atoms with Crippen LogP contribution >= 0.6 is 0 Å². The molecule has 0 heterocycles. The topological polar surface area (TPSA) is 114 Å². The van der Waals surface area contributed by atoms with Gasteiger partial charge in [0.25, 0.3) is 5.91 Å². The third-order valence-corrected chi connectivity index (χ3v) is 7.23. The minimum absolute atomic E-state index is 0.0292.